The van der Waals surface area contributed by atoms with Crippen LogP contribution in [0, 0.1) is 11.7 Å². The van der Waals surface area contributed by atoms with E-state index in [0.29, 0.717) is 19.5 Å². The van der Waals surface area contributed by atoms with Crippen LogP contribution in [0.3, 0.4) is 0 Å². The van der Waals surface area contributed by atoms with E-state index >= 15 is 0 Å². The van der Waals surface area contributed by atoms with Crippen LogP contribution in [0.4, 0.5) is 4.39 Å². The summed E-state index contributed by atoms with van der Waals surface area (Å²) in [4.78, 5) is 14.7. The van der Waals surface area contributed by atoms with Gasteiger partial charge in [-0.3, -0.25) is 4.79 Å². The minimum absolute atomic E-state index is 0. The van der Waals surface area contributed by atoms with Gasteiger partial charge >= 0.3 is 0 Å². The molecule has 1 aliphatic heterocycles. The Morgan fingerprint density at radius 1 is 1.28 bits per heavy atom. The molecule has 2 N–H and O–H groups in total. The maximum absolute atomic E-state index is 13.5. The molecular weight excluding hydrogens is 343 g/mol. The second-order valence-corrected chi connectivity index (χ2v) is 7.10. The minimum Gasteiger partial charge on any atom is -0.376 e. The number of carbonyl (C=O) groups excluding carboxylic acids is 1. The van der Waals surface area contributed by atoms with Crippen molar-refractivity contribution >= 4 is 18.3 Å². The molecule has 6 heteroatoms. The van der Waals surface area contributed by atoms with E-state index in [2.05, 4.69) is 0 Å². The lowest BCUT2D eigenvalue weighted by atomic mass is 9.99. The van der Waals surface area contributed by atoms with Crippen molar-refractivity contribution in [3.8, 4) is 0 Å². The van der Waals surface area contributed by atoms with Crippen LogP contribution in [-0.4, -0.2) is 36.1 Å². The molecule has 1 aromatic rings. The maximum Gasteiger partial charge on any atom is 0.223 e. The third kappa shape index (κ3) is 5.66. The molecule has 0 radical (unpaired) electrons. The number of hydrogen-bond donors (Lipinski definition) is 1. The summed E-state index contributed by atoms with van der Waals surface area (Å²) >= 11 is 0. The summed E-state index contributed by atoms with van der Waals surface area (Å²) in [5, 5.41) is 0. The Hall–Kier alpha value is -1.17. The van der Waals surface area contributed by atoms with Gasteiger partial charge in [-0.15, -0.1) is 12.4 Å². The summed E-state index contributed by atoms with van der Waals surface area (Å²) in [6.45, 7) is 1.77. The number of nitrogens with zero attached hydrogens (tertiary/aromatic N) is 1. The van der Waals surface area contributed by atoms with E-state index in [1.807, 2.05) is 11.0 Å². The average molecular weight is 371 g/mol. The van der Waals surface area contributed by atoms with E-state index in [9.17, 15) is 9.18 Å². The highest BCUT2D eigenvalue weighted by Crippen LogP contribution is 2.28. The molecule has 1 saturated carbocycles. The quantitative estimate of drug-likeness (QED) is 0.836. The molecule has 0 bridgehead atoms. The van der Waals surface area contributed by atoms with E-state index in [1.54, 1.807) is 6.07 Å². The fourth-order valence-electron chi connectivity index (χ4n) is 3.82. The van der Waals surface area contributed by atoms with Crippen molar-refractivity contribution in [2.24, 2.45) is 11.7 Å². The van der Waals surface area contributed by atoms with Gasteiger partial charge in [0.05, 0.1) is 6.10 Å². The Morgan fingerprint density at radius 2 is 2.12 bits per heavy atom. The zero-order valence-corrected chi connectivity index (χ0v) is 15.3. The van der Waals surface area contributed by atoms with Crippen molar-refractivity contribution in [2.45, 2.75) is 57.2 Å². The highest BCUT2D eigenvalue weighted by atomic mass is 35.5. The predicted octanol–water partition coefficient (Wildman–Crippen LogP) is 3.27. The molecule has 2 aliphatic rings. The van der Waals surface area contributed by atoms with Gasteiger partial charge in [0.25, 0.3) is 0 Å². The average Bonchev–Trinajstić information content (AvgIpc) is 3.19. The molecule has 140 valence electrons. The van der Waals surface area contributed by atoms with E-state index < -0.39 is 0 Å². The Bertz CT molecular complexity index is 566. The van der Waals surface area contributed by atoms with E-state index in [-0.39, 0.29) is 42.2 Å². The molecule has 3 atom stereocenters. The van der Waals surface area contributed by atoms with Crippen molar-refractivity contribution < 1.29 is 13.9 Å². The van der Waals surface area contributed by atoms with Gasteiger partial charge in [-0.05, 0) is 49.3 Å². The lowest BCUT2D eigenvalue weighted by Crippen LogP contribution is -2.39. The van der Waals surface area contributed by atoms with Crippen LogP contribution in [0.25, 0.3) is 0 Å². The zero-order valence-electron chi connectivity index (χ0n) is 14.5. The first-order valence-corrected chi connectivity index (χ1v) is 9.01. The third-order valence-electron chi connectivity index (χ3n) is 5.22. The van der Waals surface area contributed by atoms with Crippen LogP contribution in [0.2, 0.25) is 0 Å². The summed E-state index contributed by atoms with van der Waals surface area (Å²) in [5.74, 6) is 0.115. The highest BCUT2D eigenvalue weighted by Gasteiger charge is 2.29. The summed E-state index contributed by atoms with van der Waals surface area (Å²) < 4.78 is 19.2. The number of ether oxygens (including phenoxy) is 1. The molecule has 1 aliphatic carbocycles. The van der Waals surface area contributed by atoms with Crippen LogP contribution in [0.15, 0.2) is 24.3 Å². The van der Waals surface area contributed by atoms with Gasteiger partial charge < -0.3 is 15.4 Å². The van der Waals surface area contributed by atoms with Crippen molar-refractivity contribution in [3.05, 3.63) is 35.6 Å². The Labute approximate surface area is 155 Å². The summed E-state index contributed by atoms with van der Waals surface area (Å²) in [5.41, 5.74) is 6.94. The lowest BCUT2D eigenvalue weighted by Gasteiger charge is -2.27. The van der Waals surface area contributed by atoms with Gasteiger partial charge in [0.2, 0.25) is 5.91 Å². The second kappa shape index (κ2) is 9.51. The first-order valence-electron chi connectivity index (χ1n) is 9.01. The number of benzene rings is 1. The first-order chi connectivity index (χ1) is 11.6. The van der Waals surface area contributed by atoms with Gasteiger partial charge in [0.15, 0.2) is 0 Å². The van der Waals surface area contributed by atoms with Crippen LogP contribution in [-0.2, 0) is 16.1 Å². The van der Waals surface area contributed by atoms with Gasteiger partial charge in [0.1, 0.15) is 5.82 Å². The number of carbonyl (C=O) groups is 1. The van der Waals surface area contributed by atoms with Crippen molar-refractivity contribution in [1.82, 2.24) is 4.90 Å². The van der Waals surface area contributed by atoms with Crippen molar-refractivity contribution in [1.29, 1.82) is 0 Å². The summed E-state index contributed by atoms with van der Waals surface area (Å²) in [6, 6.07) is 6.60. The molecule has 1 amide bonds. The molecule has 25 heavy (non-hydrogen) atoms. The topological polar surface area (TPSA) is 55.6 Å². The monoisotopic (exact) mass is 370 g/mol. The standard InChI is InChI=1S/C19H27FN2O2.ClH/c20-16-6-1-4-14(10-16)12-22(13-17-7-3-9-24-17)19(23)11-15-5-2-8-18(15)21;/h1,4,6,10,15,17-18H,2-3,5,7-9,11-13,21H2;1H/t15-,17?,18+;/m0./s1. The van der Waals surface area contributed by atoms with Gasteiger partial charge in [-0.25, -0.2) is 4.39 Å². The normalized spacial score (nSPS) is 25.6. The Balaban J connectivity index is 0.00000225. The largest absolute Gasteiger partial charge is 0.376 e. The Kier molecular flexibility index (Phi) is 7.66. The molecule has 4 nitrogen and oxygen atoms in total. The van der Waals surface area contributed by atoms with Crippen LogP contribution < -0.4 is 5.73 Å². The lowest BCUT2D eigenvalue weighted by molar-refractivity contribution is -0.134. The molecule has 2 fully saturated rings. The smallest absolute Gasteiger partial charge is 0.223 e. The predicted molar refractivity (Wildman–Crippen MR) is 98.0 cm³/mol. The fourth-order valence-corrected chi connectivity index (χ4v) is 3.82. The van der Waals surface area contributed by atoms with Crippen LogP contribution >= 0.6 is 12.4 Å². The van der Waals surface area contributed by atoms with Crippen molar-refractivity contribution in [2.75, 3.05) is 13.2 Å². The molecule has 1 saturated heterocycles. The van der Waals surface area contributed by atoms with Gasteiger partial charge in [-0.1, -0.05) is 18.6 Å². The SMILES string of the molecule is Cl.N[C@@H]1CCC[C@H]1CC(=O)N(Cc1cccc(F)c1)CC1CCCO1. The molecule has 1 aromatic carbocycles. The molecule has 0 aromatic heterocycles. The summed E-state index contributed by atoms with van der Waals surface area (Å²) in [6.07, 6.45) is 5.75. The van der Waals surface area contributed by atoms with Crippen molar-refractivity contribution in [3.63, 3.8) is 0 Å². The number of nitrogens with two attached hydrogens (primary N) is 1. The molecular formula is C19H28ClFN2O2. The Morgan fingerprint density at radius 3 is 2.76 bits per heavy atom. The van der Waals surface area contributed by atoms with E-state index in [0.717, 1.165) is 44.3 Å². The number of rotatable bonds is 6. The van der Waals surface area contributed by atoms with E-state index in [4.69, 9.17) is 10.5 Å². The number of hydrogen-bond acceptors (Lipinski definition) is 3. The van der Waals surface area contributed by atoms with Crippen LogP contribution in [0.1, 0.15) is 44.1 Å². The molecule has 3 rings (SSSR count). The third-order valence-corrected chi connectivity index (χ3v) is 5.22. The van der Waals surface area contributed by atoms with E-state index in [1.165, 1.54) is 12.1 Å². The minimum atomic E-state index is -0.269. The second-order valence-electron chi connectivity index (χ2n) is 7.10. The first kappa shape index (κ1) is 20.1. The highest BCUT2D eigenvalue weighted by molar-refractivity contribution is 5.85. The summed E-state index contributed by atoms with van der Waals surface area (Å²) in [7, 11) is 0. The van der Waals surface area contributed by atoms with Gasteiger partial charge in [-0.2, -0.15) is 0 Å². The maximum atomic E-state index is 13.5. The van der Waals surface area contributed by atoms with Crippen LogP contribution in [0.5, 0.6) is 0 Å². The molecule has 1 heterocycles. The van der Waals surface area contributed by atoms with Gasteiger partial charge in [0, 0.05) is 32.2 Å². The molecule has 1 unspecified atom stereocenters. The fraction of sp³-hybridized carbons (Fsp3) is 0.632. The number of amides is 1. The molecule has 0 spiro atoms. The number of halogens is 2. The zero-order chi connectivity index (χ0) is 16.9.